The fourth-order valence-corrected chi connectivity index (χ4v) is 3.89. The largest absolute Gasteiger partial charge is 0.504 e. The van der Waals surface area contributed by atoms with Crippen molar-refractivity contribution in [2.75, 3.05) is 6.61 Å². The number of hydrogen-bond acceptors (Lipinski definition) is 5. The van der Waals surface area contributed by atoms with Gasteiger partial charge in [0.25, 0.3) is 0 Å². The van der Waals surface area contributed by atoms with E-state index in [0.29, 0.717) is 11.1 Å². The second kappa shape index (κ2) is 6.32. The van der Waals surface area contributed by atoms with Crippen molar-refractivity contribution in [3.63, 3.8) is 0 Å². The molecular formula is C21H15BrO5. The molecule has 1 aliphatic rings. The van der Waals surface area contributed by atoms with E-state index in [0.717, 1.165) is 10.5 Å². The number of Topliss-reactive ketones (excluding diaryl/α,β-unsaturated/α-hetero) is 1. The molecule has 136 valence electrons. The van der Waals surface area contributed by atoms with Gasteiger partial charge in [0.05, 0.1) is 0 Å². The maximum Gasteiger partial charge on any atom is 0.201 e. The zero-order valence-corrected chi connectivity index (χ0v) is 15.6. The van der Waals surface area contributed by atoms with Gasteiger partial charge in [-0.15, -0.1) is 0 Å². The first-order valence-corrected chi connectivity index (χ1v) is 9.01. The van der Waals surface area contributed by atoms with Crippen molar-refractivity contribution in [3.05, 3.63) is 81.8 Å². The van der Waals surface area contributed by atoms with E-state index in [2.05, 4.69) is 15.9 Å². The van der Waals surface area contributed by atoms with Crippen molar-refractivity contribution in [2.45, 2.75) is 5.41 Å². The molecule has 0 amide bonds. The smallest absolute Gasteiger partial charge is 0.201 e. The lowest BCUT2D eigenvalue weighted by Gasteiger charge is -2.37. The van der Waals surface area contributed by atoms with E-state index in [-0.39, 0.29) is 17.9 Å². The van der Waals surface area contributed by atoms with Crippen LogP contribution < -0.4 is 4.74 Å². The highest BCUT2D eigenvalue weighted by Gasteiger charge is 2.49. The summed E-state index contributed by atoms with van der Waals surface area (Å²) in [5.74, 6) is -2.36. The number of aromatic hydroxyl groups is 3. The number of carbonyl (C=O) groups excluding carboxylic acids is 1. The van der Waals surface area contributed by atoms with Gasteiger partial charge in [-0.1, -0.05) is 58.4 Å². The Morgan fingerprint density at radius 3 is 2.30 bits per heavy atom. The van der Waals surface area contributed by atoms with Gasteiger partial charge in [0, 0.05) is 10.5 Å². The number of fused-ring (bicyclic) bond motifs is 1. The second-order valence-corrected chi connectivity index (χ2v) is 7.28. The predicted octanol–water partition coefficient (Wildman–Crippen LogP) is 4.13. The highest BCUT2D eigenvalue weighted by atomic mass is 79.9. The summed E-state index contributed by atoms with van der Waals surface area (Å²) < 4.78 is 6.61. The van der Waals surface area contributed by atoms with Crippen molar-refractivity contribution < 1.29 is 24.9 Å². The van der Waals surface area contributed by atoms with Gasteiger partial charge >= 0.3 is 0 Å². The van der Waals surface area contributed by atoms with Crippen LogP contribution in [0.1, 0.15) is 21.5 Å². The van der Waals surface area contributed by atoms with Crippen LogP contribution in [0.5, 0.6) is 23.0 Å². The Kier molecular flexibility index (Phi) is 4.08. The van der Waals surface area contributed by atoms with E-state index < -0.39 is 28.4 Å². The summed E-state index contributed by atoms with van der Waals surface area (Å²) in [6, 6.07) is 17.6. The van der Waals surface area contributed by atoms with Crippen LogP contribution >= 0.6 is 15.9 Å². The number of carbonyl (C=O) groups is 1. The zero-order chi connectivity index (χ0) is 19.2. The van der Waals surface area contributed by atoms with E-state index in [9.17, 15) is 20.1 Å². The maximum absolute atomic E-state index is 13.7. The summed E-state index contributed by atoms with van der Waals surface area (Å²) in [4.78, 5) is 13.7. The minimum atomic E-state index is -1.21. The van der Waals surface area contributed by atoms with Gasteiger partial charge in [-0.05, 0) is 23.3 Å². The van der Waals surface area contributed by atoms with Gasteiger partial charge in [-0.2, -0.15) is 0 Å². The maximum atomic E-state index is 13.7. The Morgan fingerprint density at radius 2 is 1.59 bits per heavy atom. The van der Waals surface area contributed by atoms with Crippen LogP contribution in [0.25, 0.3) is 0 Å². The SMILES string of the molecule is O=C1c2c(cc(O)c(O)c2O)OCC1(c1ccccc1)c1cccc(Br)c1. The fraction of sp³-hybridized carbons (Fsp3) is 0.0952. The van der Waals surface area contributed by atoms with E-state index in [1.165, 1.54) is 0 Å². The first-order valence-electron chi connectivity index (χ1n) is 8.22. The number of hydrogen-bond donors (Lipinski definition) is 3. The molecule has 5 nitrogen and oxygen atoms in total. The van der Waals surface area contributed by atoms with Crippen LogP contribution in [0.4, 0.5) is 0 Å². The van der Waals surface area contributed by atoms with E-state index in [1.807, 2.05) is 54.6 Å². The number of phenols is 3. The topological polar surface area (TPSA) is 87.0 Å². The van der Waals surface area contributed by atoms with Crippen molar-refractivity contribution >= 4 is 21.7 Å². The molecule has 1 atom stereocenters. The molecule has 0 bridgehead atoms. The Bertz CT molecular complexity index is 1050. The van der Waals surface area contributed by atoms with E-state index in [4.69, 9.17) is 4.74 Å². The van der Waals surface area contributed by atoms with Crippen LogP contribution in [0, 0.1) is 0 Å². The number of rotatable bonds is 2. The second-order valence-electron chi connectivity index (χ2n) is 6.37. The van der Waals surface area contributed by atoms with E-state index >= 15 is 0 Å². The number of phenolic OH excluding ortho intramolecular Hbond substituents is 3. The lowest BCUT2D eigenvalue weighted by atomic mass is 9.68. The van der Waals surface area contributed by atoms with Gasteiger partial charge in [-0.25, -0.2) is 0 Å². The highest BCUT2D eigenvalue weighted by Crippen LogP contribution is 2.50. The van der Waals surface area contributed by atoms with Crippen molar-refractivity contribution in [1.29, 1.82) is 0 Å². The lowest BCUT2D eigenvalue weighted by Crippen LogP contribution is -2.46. The third kappa shape index (κ3) is 2.56. The number of ether oxygens (including phenoxy) is 1. The van der Waals surface area contributed by atoms with Gasteiger partial charge in [0.2, 0.25) is 5.75 Å². The molecule has 4 rings (SSSR count). The van der Waals surface area contributed by atoms with Crippen LogP contribution in [-0.2, 0) is 5.41 Å². The zero-order valence-electron chi connectivity index (χ0n) is 14.0. The quantitative estimate of drug-likeness (QED) is 0.536. The molecule has 27 heavy (non-hydrogen) atoms. The lowest BCUT2D eigenvalue weighted by molar-refractivity contribution is 0.0812. The molecule has 0 saturated carbocycles. The molecule has 0 spiro atoms. The summed E-state index contributed by atoms with van der Waals surface area (Å²) >= 11 is 3.44. The normalized spacial score (nSPS) is 18.6. The standard InChI is InChI=1S/C21H15BrO5/c22-14-8-4-7-13(9-14)21(12-5-2-1-3-6-12)11-27-16-10-15(23)18(24)19(25)17(16)20(21)26/h1-10,23-25H,11H2. The molecule has 1 aliphatic heterocycles. The average Bonchev–Trinajstić information content (AvgIpc) is 2.67. The Morgan fingerprint density at radius 1 is 0.889 bits per heavy atom. The molecular weight excluding hydrogens is 412 g/mol. The minimum absolute atomic E-state index is 0.0110. The number of ketones is 1. The van der Waals surface area contributed by atoms with Crippen LogP contribution in [0.15, 0.2) is 65.1 Å². The van der Waals surface area contributed by atoms with Gasteiger partial charge in [-0.3, -0.25) is 4.79 Å². The summed E-state index contributed by atoms with van der Waals surface area (Å²) in [7, 11) is 0. The molecule has 3 aromatic rings. The summed E-state index contributed by atoms with van der Waals surface area (Å²) in [5.41, 5.74) is 0.0237. The molecule has 0 saturated heterocycles. The van der Waals surface area contributed by atoms with Gasteiger partial charge in [0.1, 0.15) is 23.3 Å². The van der Waals surface area contributed by atoms with Gasteiger partial charge in [0.15, 0.2) is 17.3 Å². The minimum Gasteiger partial charge on any atom is -0.504 e. The van der Waals surface area contributed by atoms with Crippen LogP contribution in [-0.4, -0.2) is 27.7 Å². The van der Waals surface area contributed by atoms with Crippen LogP contribution in [0.3, 0.4) is 0 Å². The molecule has 0 aliphatic carbocycles. The molecule has 0 radical (unpaired) electrons. The number of benzene rings is 3. The fourth-order valence-electron chi connectivity index (χ4n) is 3.49. The average molecular weight is 427 g/mol. The van der Waals surface area contributed by atoms with Crippen molar-refractivity contribution in [1.82, 2.24) is 0 Å². The molecule has 1 heterocycles. The first kappa shape index (κ1) is 17.4. The first-order chi connectivity index (χ1) is 12.9. The number of halogens is 1. The predicted molar refractivity (Wildman–Crippen MR) is 103 cm³/mol. The van der Waals surface area contributed by atoms with Crippen molar-refractivity contribution in [3.8, 4) is 23.0 Å². The Balaban J connectivity index is 2.02. The molecule has 0 aromatic heterocycles. The summed E-state index contributed by atoms with van der Waals surface area (Å²) in [6.07, 6.45) is 0. The highest BCUT2D eigenvalue weighted by molar-refractivity contribution is 9.10. The molecule has 3 aromatic carbocycles. The summed E-state index contributed by atoms with van der Waals surface area (Å²) in [6.45, 7) is -0.0110. The Labute approximate surface area is 163 Å². The third-order valence-electron chi connectivity index (χ3n) is 4.86. The van der Waals surface area contributed by atoms with Crippen LogP contribution in [0.2, 0.25) is 0 Å². The Hall–Kier alpha value is -2.99. The summed E-state index contributed by atoms with van der Waals surface area (Å²) in [5, 5.41) is 30.0. The molecule has 1 unspecified atom stereocenters. The van der Waals surface area contributed by atoms with Crippen molar-refractivity contribution in [2.24, 2.45) is 0 Å². The third-order valence-corrected chi connectivity index (χ3v) is 5.35. The van der Waals surface area contributed by atoms with Gasteiger partial charge < -0.3 is 20.1 Å². The monoisotopic (exact) mass is 426 g/mol. The molecule has 6 heteroatoms. The van der Waals surface area contributed by atoms with E-state index in [1.54, 1.807) is 0 Å². The molecule has 0 fully saturated rings. The molecule has 3 N–H and O–H groups in total.